The molecule has 2 N–H and O–H groups in total. The quantitative estimate of drug-likeness (QED) is 0.683. The summed E-state index contributed by atoms with van der Waals surface area (Å²) in [4.78, 5) is 6.79. The Balaban J connectivity index is 1.83. The topological polar surface area (TPSA) is 42.1 Å². The van der Waals surface area contributed by atoms with E-state index in [0.29, 0.717) is 0 Å². The van der Waals surface area contributed by atoms with Gasteiger partial charge in [0.15, 0.2) is 0 Å². The zero-order valence-corrected chi connectivity index (χ0v) is 11.1. The maximum absolute atomic E-state index is 6.03. The number of benzene rings is 2. The average molecular weight is 261 g/mol. The molecule has 0 saturated heterocycles. The molecule has 0 unspecified atom stereocenters. The summed E-state index contributed by atoms with van der Waals surface area (Å²) in [7, 11) is 0. The van der Waals surface area contributed by atoms with Crippen molar-refractivity contribution in [1.29, 1.82) is 0 Å². The summed E-state index contributed by atoms with van der Waals surface area (Å²) in [6.07, 6.45) is 1.79. The van der Waals surface area contributed by atoms with Gasteiger partial charge in [0, 0.05) is 30.4 Å². The molecule has 1 aromatic heterocycles. The minimum atomic E-state index is 0.737. The standard InChI is InChI=1S/C17H15N3/c18-15-7-8-16(14-6-3-9-19-17(14)15)20-10-12-4-1-2-5-13(12)11-20/h1-9H,10-11,18H2. The Labute approximate surface area is 117 Å². The van der Waals surface area contributed by atoms with Gasteiger partial charge >= 0.3 is 0 Å². The van der Waals surface area contributed by atoms with Crippen LogP contribution in [0.4, 0.5) is 11.4 Å². The molecular weight excluding hydrogens is 246 g/mol. The van der Waals surface area contributed by atoms with E-state index in [2.05, 4.69) is 46.3 Å². The number of pyridine rings is 1. The Morgan fingerprint density at radius 2 is 1.65 bits per heavy atom. The number of aromatic nitrogens is 1. The van der Waals surface area contributed by atoms with Crippen LogP contribution in [0.3, 0.4) is 0 Å². The van der Waals surface area contributed by atoms with Crippen LogP contribution in [0.25, 0.3) is 10.9 Å². The van der Waals surface area contributed by atoms with Crippen LogP contribution in [0.1, 0.15) is 11.1 Å². The number of nitrogens with zero attached hydrogens (tertiary/aromatic N) is 2. The molecule has 0 saturated carbocycles. The van der Waals surface area contributed by atoms with E-state index in [1.165, 1.54) is 16.8 Å². The molecule has 0 amide bonds. The van der Waals surface area contributed by atoms with E-state index in [-0.39, 0.29) is 0 Å². The molecule has 2 heterocycles. The molecule has 3 nitrogen and oxygen atoms in total. The van der Waals surface area contributed by atoms with Crippen LogP contribution in [-0.2, 0) is 13.1 Å². The molecule has 98 valence electrons. The molecule has 0 radical (unpaired) electrons. The molecule has 3 heteroatoms. The number of hydrogen-bond donors (Lipinski definition) is 1. The third kappa shape index (κ3) is 1.63. The number of nitrogens with two attached hydrogens (primary N) is 1. The number of rotatable bonds is 1. The van der Waals surface area contributed by atoms with E-state index in [4.69, 9.17) is 5.73 Å². The van der Waals surface area contributed by atoms with Crippen molar-refractivity contribution in [2.24, 2.45) is 0 Å². The van der Waals surface area contributed by atoms with Crippen molar-refractivity contribution in [1.82, 2.24) is 4.98 Å². The highest BCUT2D eigenvalue weighted by Gasteiger charge is 2.20. The summed E-state index contributed by atoms with van der Waals surface area (Å²) < 4.78 is 0. The van der Waals surface area contributed by atoms with E-state index in [1.807, 2.05) is 12.1 Å². The van der Waals surface area contributed by atoms with Gasteiger partial charge in [-0.1, -0.05) is 24.3 Å². The first-order valence-corrected chi connectivity index (χ1v) is 6.78. The van der Waals surface area contributed by atoms with Crippen molar-refractivity contribution in [3.8, 4) is 0 Å². The van der Waals surface area contributed by atoms with Gasteiger partial charge in [0.1, 0.15) is 0 Å². The summed E-state index contributed by atoms with van der Waals surface area (Å²) in [5.74, 6) is 0. The van der Waals surface area contributed by atoms with Gasteiger partial charge < -0.3 is 10.6 Å². The Morgan fingerprint density at radius 1 is 0.900 bits per heavy atom. The molecule has 20 heavy (non-hydrogen) atoms. The summed E-state index contributed by atoms with van der Waals surface area (Å²) in [6, 6.07) is 16.7. The maximum Gasteiger partial charge on any atom is 0.0951 e. The molecule has 3 aromatic rings. The Kier molecular flexibility index (Phi) is 2.39. The number of hydrogen-bond acceptors (Lipinski definition) is 3. The summed E-state index contributed by atoms with van der Waals surface area (Å²) in [6.45, 7) is 1.90. The molecule has 0 fully saturated rings. The molecule has 0 bridgehead atoms. The Morgan fingerprint density at radius 3 is 2.40 bits per heavy atom. The molecule has 0 spiro atoms. The van der Waals surface area contributed by atoms with E-state index in [9.17, 15) is 0 Å². The van der Waals surface area contributed by atoms with Gasteiger partial charge in [-0.05, 0) is 35.4 Å². The first kappa shape index (κ1) is 11.3. The zero-order valence-electron chi connectivity index (χ0n) is 11.1. The summed E-state index contributed by atoms with van der Waals surface area (Å²) >= 11 is 0. The number of fused-ring (bicyclic) bond motifs is 2. The van der Waals surface area contributed by atoms with Crippen LogP contribution in [0.2, 0.25) is 0 Å². The predicted molar refractivity (Wildman–Crippen MR) is 82.5 cm³/mol. The van der Waals surface area contributed by atoms with Crippen molar-refractivity contribution >= 4 is 22.3 Å². The summed E-state index contributed by atoms with van der Waals surface area (Å²) in [5.41, 5.74) is 11.7. The fourth-order valence-electron chi connectivity index (χ4n) is 2.96. The SMILES string of the molecule is Nc1ccc(N2Cc3ccccc3C2)c2cccnc12. The molecule has 2 aromatic carbocycles. The Bertz CT molecular complexity index is 770. The Hall–Kier alpha value is -2.55. The van der Waals surface area contributed by atoms with Gasteiger partial charge in [-0.3, -0.25) is 4.98 Å². The third-order valence-electron chi connectivity index (χ3n) is 3.96. The number of nitrogen functional groups attached to an aromatic ring is 1. The molecule has 1 aliphatic heterocycles. The molecule has 0 atom stereocenters. The summed E-state index contributed by atoms with van der Waals surface area (Å²) in [5, 5.41) is 1.13. The van der Waals surface area contributed by atoms with E-state index in [0.717, 1.165) is 29.7 Å². The van der Waals surface area contributed by atoms with Crippen LogP contribution >= 0.6 is 0 Å². The first-order valence-electron chi connectivity index (χ1n) is 6.78. The molecule has 0 aliphatic carbocycles. The molecular formula is C17H15N3. The van der Waals surface area contributed by atoms with E-state index < -0.39 is 0 Å². The monoisotopic (exact) mass is 261 g/mol. The van der Waals surface area contributed by atoms with Crippen LogP contribution in [-0.4, -0.2) is 4.98 Å². The molecule has 4 rings (SSSR count). The van der Waals surface area contributed by atoms with Gasteiger partial charge in [-0.25, -0.2) is 0 Å². The smallest absolute Gasteiger partial charge is 0.0951 e. The van der Waals surface area contributed by atoms with Crippen LogP contribution < -0.4 is 10.6 Å². The van der Waals surface area contributed by atoms with Gasteiger partial charge in [0.2, 0.25) is 0 Å². The lowest BCUT2D eigenvalue weighted by atomic mass is 10.1. The van der Waals surface area contributed by atoms with Gasteiger partial charge in [-0.2, -0.15) is 0 Å². The van der Waals surface area contributed by atoms with Gasteiger partial charge in [0.05, 0.1) is 11.2 Å². The van der Waals surface area contributed by atoms with Crippen LogP contribution in [0, 0.1) is 0 Å². The lowest BCUT2D eigenvalue weighted by molar-refractivity contribution is 0.885. The van der Waals surface area contributed by atoms with Crippen molar-refractivity contribution in [3.63, 3.8) is 0 Å². The third-order valence-corrected chi connectivity index (χ3v) is 3.96. The van der Waals surface area contributed by atoms with Crippen molar-refractivity contribution in [2.75, 3.05) is 10.6 Å². The highest BCUT2D eigenvalue weighted by molar-refractivity contribution is 5.98. The highest BCUT2D eigenvalue weighted by Crippen LogP contribution is 2.34. The van der Waals surface area contributed by atoms with Gasteiger partial charge in [0.25, 0.3) is 0 Å². The highest BCUT2D eigenvalue weighted by atomic mass is 15.1. The van der Waals surface area contributed by atoms with E-state index >= 15 is 0 Å². The second-order valence-electron chi connectivity index (χ2n) is 5.20. The fourth-order valence-corrected chi connectivity index (χ4v) is 2.96. The first-order chi connectivity index (χ1) is 9.83. The normalized spacial score (nSPS) is 13.7. The number of anilines is 2. The van der Waals surface area contributed by atoms with Crippen LogP contribution in [0.5, 0.6) is 0 Å². The molecule has 1 aliphatic rings. The fraction of sp³-hybridized carbons (Fsp3) is 0.118. The average Bonchev–Trinajstić information content (AvgIpc) is 2.91. The van der Waals surface area contributed by atoms with E-state index in [1.54, 1.807) is 6.20 Å². The minimum Gasteiger partial charge on any atom is -0.397 e. The lowest BCUT2D eigenvalue weighted by Crippen LogP contribution is -2.15. The zero-order chi connectivity index (χ0) is 13.5. The van der Waals surface area contributed by atoms with Crippen molar-refractivity contribution in [2.45, 2.75) is 13.1 Å². The predicted octanol–water partition coefficient (Wildman–Crippen LogP) is 3.34. The van der Waals surface area contributed by atoms with Gasteiger partial charge in [-0.15, -0.1) is 0 Å². The largest absolute Gasteiger partial charge is 0.397 e. The minimum absolute atomic E-state index is 0.737. The van der Waals surface area contributed by atoms with Crippen LogP contribution in [0.15, 0.2) is 54.7 Å². The maximum atomic E-state index is 6.03. The second-order valence-corrected chi connectivity index (χ2v) is 5.20. The van der Waals surface area contributed by atoms with Crippen molar-refractivity contribution in [3.05, 3.63) is 65.9 Å². The van der Waals surface area contributed by atoms with Crippen molar-refractivity contribution < 1.29 is 0 Å². The second kappa shape index (κ2) is 4.23. The lowest BCUT2D eigenvalue weighted by Gasteiger charge is -2.20.